The van der Waals surface area contributed by atoms with Gasteiger partial charge in [0.05, 0.1) is 7.11 Å². The molecule has 1 heterocycles. The first-order valence-corrected chi connectivity index (χ1v) is 7.11. The first kappa shape index (κ1) is 15.5. The zero-order chi connectivity index (χ0) is 15.1. The van der Waals surface area contributed by atoms with Gasteiger partial charge in [0.25, 0.3) is 0 Å². The Hall–Kier alpha value is -1.91. The van der Waals surface area contributed by atoms with Gasteiger partial charge >= 0.3 is 0 Å². The van der Waals surface area contributed by atoms with E-state index in [1.54, 1.807) is 13.3 Å². The fourth-order valence-electron chi connectivity index (χ4n) is 2.40. The van der Waals surface area contributed by atoms with E-state index in [0.717, 1.165) is 18.8 Å². The molecular formula is C17H23N3O. The number of ether oxygens (including phenoxy) is 1. The molecule has 112 valence electrons. The Kier molecular flexibility index (Phi) is 5.72. The van der Waals surface area contributed by atoms with Gasteiger partial charge in [-0.3, -0.25) is 4.98 Å². The Morgan fingerprint density at radius 2 is 2.14 bits per heavy atom. The first-order valence-electron chi connectivity index (χ1n) is 7.11. The maximum Gasteiger partial charge on any atom is 0.119 e. The van der Waals surface area contributed by atoms with Crippen LogP contribution in [-0.4, -0.2) is 37.6 Å². The standard InChI is InChI=1S/C17H23N3O/c1-18-17(15-7-4-8-16(10-15)21-3)13-20(2)12-14-6-5-9-19-11-14/h4-11,17-18H,12-13H2,1-3H3. The van der Waals surface area contributed by atoms with Crippen LogP contribution >= 0.6 is 0 Å². The van der Waals surface area contributed by atoms with Crippen LogP contribution in [0.1, 0.15) is 17.2 Å². The third-order valence-electron chi connectivity index (χ3n) is 3.51. The van der Waals surface area contributed by atoms with Crippen LogP contribution in [0.15, 0.2) is 48.8 Å². The topological polar surface area (TPSA) is 37.4 Å². The van der Waals surface area contributed by atoms with Crippen molar-refractivity contribution in [2.24, 2.45) is 0 Å². The highest BCUT2D eigenvalue weighted by Gasteiger charge is 2.13. The molecule has 1 atom stereocenters. The molecule has 0 aliphatic heterocycles. The summed E-state index contributed by atoms with van der Waals surface area (Å²) in [5, 5.41) is 3.37. The molecule has 1 N–H and O–H groups in total. The normalized spacial score (nSPS) is 12.4. The number of likely N-dealkylation sites (N-methyl/N-ethyl adjacent to an activating group) is 2. The number of hydrogen-bond acceptors (Lipinski definition) is 4. The fraction of sp³-hybridized carbons (Fsp3) is 0.353. The van der Waals surface area contributed by atoms with Crippen LogP contribution in [-0.2, 0) is 6.54 Å². The number of hydrogen-bond donors (Lipinski definition) is 1. The van der Waals surface area contributed by atoms with Gasteiger partial charge in [0.1, 0.15) is 5.75 Å². The molecule has 0 saturated carbocycles. The lowest BCUT2D eigenvalue weighted by Gasteiger charge is -2.24. The molecule has 0 amide bonds. The van der Waals surface area contributed by atoms with Gasteiger partial charge < -0.3 is 15.0 Å². The highest BCUT2D eigenvalue weighted by atomic mass is 16.5. The van der Waals surface area contributed by atoms with E-state index in [1.807, 2.05) is 31.4 Å². The van der Waals surface area contributed by atoms with Crippen molar-refractivity contribution >= 4 is 0 Å². The van der Waals surface area contributed by atoms with Crippen molar-refractivity contribution < 1.29 is 4.74 Å². The minimum Gasteiger partial charge on any atom is -0.497 e. The van der Waals surface area contributed by atoms with Crippen LogP contribution in [0.4, 0.5) is 0 Å². The largest absolute Gasteiger partial charge is 0.497 e. The molecule has 1 aromatic heterocycles. The smallest absolute Gasteiger partial charge is 0.119 e. The van der Waals surface area contributed by atoms with Crippen molar-refractivity contribution in [1.82, 2.24) is 15.2 Å². The van der Waals surface area contributed by atoms with Gasteiger partial charge in [-0.2, -0.15) is 0 Å². The summed E-state index contributed by atoms with van der Waals surface area (Å²) >= 11 is 0. The SMILES string of the molecule is CNC(CN(C)Cc1cccnc1)c1cccc(OC)c1. The van der Waals surface area contributed by atoms with Crippen molar-refractivity contribution in [3.05, 3.63) is 59.9 Å². The van der Waals surface area contributed by atoms with Crippen molar-refractivity contribution in [1.29, 1.82) is 0 Å². The number of nitrogens with zero attached hydrogens (tertiary/aromatic N) is 2. The van der Waals surface area contributed by atoms with Gasteiger partial charge in [-0.25, -0.2) is 0 Å². The number of benzene rings is 1. The lowest BCUT2D eigenvalue weighted by molar-refractivity contribution is 0.289. The Bertz CT molecular complexity index is 545. The van der Waals surface area contributed by atoms with Gasteiger partial charge in [-0.05, 0) is 43.4 Å². The van der Waals surface area contributed by atoms with Crippen molar-refractivity contribution in [3.63, 3.8) is 0 Å². The van der Waals surface area contributed by atoms with Crippen LogP contribution in [0, 0.1) is 0 Å². The molecule has 1 unspecified atom stereocenters. The van der Waals surface area contributed by atoms with Crippen LogP contribution < -0.4 is 10.1 Å². The molecule has 0 bridgehead atoms. The molecule has 0 aliphatic rings. The molecule has 2 rings (SSSR count). The zero-order valence-electron chi connectivity index (χ0n) is 12.9. The summed E-state index contributed by atoms with van der Waals surface area (Å²) in [6, 6.07) is 12.5. The molecule has 0 spiro atoms. The molecule has 0 fully saturated rings. The Morgan fingerprint density at radius 3 is 2.81 bits per heavy atom. The van der Waals surface area contributed by atoms with Gasteiger partial charge in [-0.1, -0.05) is 18.2 Å². The molecule has 2 aromatic rings. The maximum absolute atomic E-state index is 5.30. The third-order valence-corrected chi connectivity index (χ3v) is 3.51. The van der Waals surface area contributed by atoms with E-state index >= 15 is 0 Å². The zero-order valence-corrected chi connectivity index (χ0v) is 12.9. The average Bonchev–Trinajstić information content (AvgIpc) is 2.53. The summed E-state index contributed by atoms with van der Waals surface area (Å²) in [7, 11) is 5.81. The minimum absolute atomic E-state index is 0.266. The third kappa shape index (κ3) is 4.55. The minimum atomic E-state index is 0.266. The molecular weight excluding hydrogens is 262 g/mol. The second kappa shape index (κ2) is 7.76. The van der Waals surface area contributed by atoms with Gasteiger partial charge in [0.2, 0.25) is 0 Å². The number of rotatable bonds is 7. The molecule has 21 heavy (non-hydrogen) atoms. The summed E-state index contributed by atoms with van der Waals surface area (Å²) < 4.78 is 5.30. The van der Waals surface area contributed by atoms with Gasteiger partial charge in [0, 0.05) is 31.5 Å². The predicted octanol–water partition coefficient (Wildman–Crippen LogP) is 2.48. The fourth-order valence-corrected chi connectivity index (χ4v) is 2.40. The molecule has 1 aromatic carbocycles. The number of nitrogens with one attached hydrogen (secondary N) is 1. The lowest BCUT2D eigenvalue weighted by atomic mass is 10.1. The van der Waals surface area contributed by atoms with E-state index in [0.29, 0.717) is 0 Å². The van der Waals surface area contributed by atoms with E-state index in [-0.39, 0.29) is 6.04 Å². The van der Waals surface area contributed by atoms with Crippen molar-refractivity contribution in [3.8, 4) is 5.75 Å². The van der Waals surface area contributed by atoms with Crippen LogP contribution in [0.25, 0.3) is 0 Å². The van der Waals surface area contributed by atoms with Gasteiger partial charge in [-0.15, -0.1) is 0 Å². The summed E-state index contributed by atoms with van der Waals surface area (Å²) in [6.45, 7) is 1.80. The maximum atomic E-state index is 5.30. The second-order valence-corrected chi connectivity index (χ2v) is 5.18. The van der Waals surface area contributed by atoms with E-state index in [2.05, 4.69) is 40.4 Å². The number of pyridine rings is 1. The average molecular weight is 285 g/mol. The summed E-state index contributed by atoms with van der Waals surface area (Å²) in [4.78, 5) is 6.45. The monoisotopic (exact) mass is 285 g/mol. The molecule has 4 heteroatoms. The Morgan fingerprint density at radius 1 is 1.29 bits per heavy atom. The van der Waals surface area contributed by atoms with Crippen molar-refractivity contribution in [2.75, 3.05) is 27.7 Å². The summed E-state index contributed by atoms with van der Waals surface area (Å²) in [5.74, 6) is 0.891. The molecule has 4 nitrogen and oxygen atoms in total. The van der Waals surface area contributed by atoms with Gasteiger partial charge in [0.15, 0.2) is 0 Å². The van der Waals surface area contributed by atoms with Crippen LogP contribution in [0.5, 0.6) is 5.75 Å². The lowest BCUT2D eigenvalue weighted by Crippen LogP contribution is -2.31. The quantitative estimate of drug-likeness (QED) is 0.848. The van der Waals surface area contributed by atoms with E-state index in [4.69, 9.17) is 4.74 Å². The van der Waals surface area contributed by atoms with E-state index in [9.17, 15) is 0 Å². The molecule has 0 saturated heterocycles. The van der Waals surface area contributed by atoms with E-state index < -0.39 is 0 Å². The first-order chi connectivity index (χ1) is 10.2. The van der Waals surface area contributed by atoms with E-state index in [1.165, 1.54) is 11.1 Å². The molecule has 0 aliphatic carbocycles. The number of methoxy groups -OCH3 is 1. The van der Waals surface area contributed by atoms with Crippen LogP contribution in [0.2, 0.25) is 0 Å². The highest BCUT2D eigenvalue weighted by Crippen LogP contribution is 2.20. The number of aromatic nitrogens is 1. The molecule has 0 radical (unpaired) electrons. The highest BCUT2D eigenvalue weighted by molar-refractivity contribution is 5.30. The second-order valence-electron chi connectivity index (χ2n) is 5.18. The summed E-state index contributed by atoms with van der Waals surface area (Å²) in [5.41, 5.74) is 2.45. The summed E-state index contributed by atoms with van der Waals surface area (Å²) in [6.07, 6.45) is 3.71. The predicted molar refractivity (Wildman–Crippen MR) is 85.4 cm³/mol. The Balaban J connectivity index is 2.01. The Labute approximate surface area is 126 Å². The van der Waals surface area contributed by atoms with Crippen molar-refractivity contribution in [2.45, 2.75) is 12.6 Å². The van der Waals surface area contributed by atoms with Crippen LogP contribution in [0.3, 0.4) is 0 Å².